The van der Waals surface area contributed by atoms with Gasteiger partial charge in [-0.25, -0.2) is 8.42 Å². The van der Waals surface area contributed by atoms with Crippen molar-refractivity contribution in [3.8, 4) is 5.75 Å². The van der Waals surface area contributed by atoms with E-state index in [9.17, 15) is 18.3 Å². The molecule has 0 aliphatic heterocycles. The number of rotatable bonds is 7. The maximum absolute atomic E-state index is 12.5. The van der Waals surface area contributed by atoms with Crippen LogP contribution in [0.2, 0.25) is 0 Å². The number of ether oxygens (including phenoxy) is 1. The molecule has 6 nitrogen and oxygen atoms in total. The predicted octanol–water partition coefficient (Wildman–Crippen LogP) is 2.15. The van der Waals surface area contributed by atoms with Crippen LogP contribution < -0.4 is 4.72 Å². The highest BCUT2D eigenvalue weighted by Crippen LogP contribution is 2.15. The molecule has 0 aliphatic carbocycles. The predicted molar refractivity (Wildman–Crippen MR) is 93.7 cm³/mol. The smallest absolute Gasteiger partial charge is 0.324 e. The molecule has 134 valence electrons. The fourth-order valence-corrected chi connectivity index (χ4v) is 3.44. The van der Waals surface area contributed by atoms with E-state index in [4.69, 9.17) is 4.74 Å². The van der Waals surface area contributed by atoms with Gasteiger partial charge in [0.15, 0.2) is 0 Å². The summed E-state index contributed by atoms with van der Waals surface area (Å²) < 4.78 is 32.5. The summed E-state index contributed by atoms with van der Waals surface area (Å²) >= 11 is 0. The normalized spacial score (nSPS) is 12.6. The first-order valence-corrected chi connectivity index (χ1v) is 9.33. The maximum atomic E-state index is 12.5. The number of esters is 1. The number of aromatic hydroxyl groups is 1. The molecule has 0 saturated heterocycles. The summed E-state index contributed by atoms with van der Waals surface area (Å²) in [5.41, 5.74) is 1.63. The Kier molecular flexibility index (Phi) is 6.17. The summed E-state index contributed by atoms with van der Waals surface area (Å²) in [5.74, 6) is -0.553. The van der Waals surface area contributed by atoms with Gasteiger partial charge in [-0.05, 0) is 50.1 Å². The standard InChI is InChI=1S/C18H21NO5S/c1-3-24-18(21)17(12-14-6-8-15(20)9-7-14)19-25(22,23)16-10-4-13(2)5-11-16/h4-11,17,19-20H,3,12H2,1-2H3/t17-/m1/s1. The molecule has 0 unspecified atom stereocenters. The first-order valence-electron chi connectivity index (χ1n) is 7.85. The van der Waals surface area contributed by atoms with Crippen molar-refractivity contribution in [1.29, 1.82) is 0 Å². The Morgan fingerprint density at radius 1 is 1.12 bits per heavy atom. The third-order valence-electron chi connectivity index (χ3n) is 3.58. The number of aryl methyl sites for hydroxylation is 1. The lowest BCUT2D eigenvalue weighted by Crippen LogP contribution is -2.43. The molecule has 0 spiro atoms. The quantitative estimate of drug-likeness (QED) is 0.736. The van der Waals surface area contributed by atoms with Crippen molar-refractivity contribution in [2.45, 2.75) is 31.2 Å². The molecule has 2 rings (SSSR count). The minimum absolute atomic E-state index is 0.0816. The number of phenols is 1. The summed E-state index contributed by atoms with van der Waals surface area (Å²) in [5, 5.41) is 9.34. The molecule has 0 saturated carbocycles. The number of benzene rings is 2. The number of nitrogens with one attached hydrogen (secondary N) is 1. The third-order valence-corrected chi connectivity index (χ3v) is 5.06. The summed E-state index contributed by atoms with van der Waals surface area (Å²) in [6.07, 6.45) is 0.115. The van der Waals surface area contributed by atoms with Gasteiger partial charge in [0.05, 0.1) is 11.5 Å². The lowest BCUT2D eigenvalue weighted by atomic mass is 10.1. The molecular weight excluding hydrogens is 342 g/mol. The van der Waals surface area contributed by atoms with Crippen molar-refractivity contribution < 1.29 is 23.1 Å². The van der Waals surface area contributed by atoms with E-state index in [1.165, 1.54) is 24.3 Å². The number of hydrogen-bond acceptors (Lipinski definition) is 5. The lowest BCUT2D eigenvalue weighted by molar-refractivity contribution is -0.145. The van der Waals surface area contributed by atoms with Gasteiger partial charge in [-0.3, -0.25) is 4.79 Å². The molecule has 0 heterocycles. The SMILES string of the molecule is CCOC(=O)[C@@H](Cc1ccc(O)cc1)NS(=O)(=O)c1ccc(C)cc1. The molecule has 0 bridgehead atoms. The average molecular weight is 363 g/mol. The van der Waals surface area contributed by atoms with Crippen LogP contribution in [0.25, 0.3) is 0 Å². The van der Waals surface area contributed by atoms with Crippen LogP contribution >= 0.6 is 0 Å². The zero-order valence-corrected chi connectivity index (χ0v) is 14.9. The van der Waals surface area contributed by atoms with E-state index in [1.807, 2.05) is 6.92 Å². The largest absolute Gasteiger partial charge is 0.508 e. The molecule has 2 N–H and O–H groups in total. The zero-order valence-electron chi connectivity index (χ0n) is 14.1. The topological polar surface area (TPSA) is 92.7 Å². The summed E-state index contributed by atoms with van der Waals surface area (Å²) in [7, 11) is -3.87. The number of sulfonamides is 1. The fraction of sp³-hybridized carbons (Fsp3) is 0.278. The highest BCUT2D eigenvalue weighted by molar-refractivity contribution is 7.89. The van der Waals surface area contributed by atoms with Gasteiger partial charge in [-0.1, -0.05) is 29.8 Å². The molecule has 0 fully saturated rings. The van der Waals surface area contributed by atoms with Crippen LogP contribution in [0.5, 0.6) is 5.75 Å². The van der Waals surface area contributed by atoms with E-state index in [1.54, 1.807) is 31.2 Å². The van der Waals surface area contributed by atoms with Crippen LogP contribution in [0.15, 0.2) is 53.4 Å². The second kappa shape index (κ2) is 8.13. The van der Waals surface area contributed by atoms with Gasteiger partial charge < -0.3 is 9.84 Å². The van der Waals surface area contributed by atoms with Crippen molar-refractivity contribution in [2.24, 2.45) is 0 Å². The zero-order chi connectivity index (χ0) is 18.4. The minimum Gasteiger partial charge on any atom is -0.508 e. The summed E-state index contributed by atoms with van der Waals surface area (Å²) in [6, 6.07) is 11.5. The summed E-state index contributed by atoms with van der Waals surface area (Å²) in [6.45, 7) is 3.66. The monoisotopic (exact) mass is 363 g/mol. The van der Waals surface area contributed by atoms with Crippen LogP contribution in [0.1, 0.15) is 18.1 Å². The first-order chi connectivity index (χ1) is 11.8. The third kappa shape index (κ3) is 5.30. The first kappa shape index (κ1) is 19.0. The van der Waals surface area contributed by atoms with E-state index in [-0.39, 0.29) is 23.7 Å². The number of hydrogen-bond donors (Lipinski definition) is 2. The van der Waals surface area contributed by atoms with Gasteiger partial charge in [0.25, 0.3) is 0 Å². The Balaban J connectivity index is 2.24. The van der Waals surface area contributed by atoms with Crippen LogP contribution in [0.4, 0.5) is 0 Å². The fourth-order valence-electron chi connectivity index (χ4n) is 2.26. The van der Waals surface area contributed by atoms with Crippen molar-refractivity contribution in [3.63, 3.8) is 0 Å². The molecule has 0 aromatic heterocycles. The average Bonchev–Trinajstić information content (AvgIpc) is 2.56. The van der Waals surface area contributed by atoms with Crippen LogP contribution in [0, 0.1) is 6.92 Å². The van der Waals surface area contributed by atoms with Gasteiger partial charge in [0.2, 0.25) is 10.0 Å². The van der Waals surface area contributed by atoms with Crippen molar-refractivity contribution in [2.75, 3.05) is 6.61 Å². The van der Waals surface area contributed by atoms with Crippen molar-refractivity contribution in [1.82, 2.24) is 4.72 Å². The number of carbonyl (C=O) groups is 1. The van der Waals surface area contributed by atoms with Gasteiger partial charge in [-0.2, -0.15) is 4.72 Å². The number of phenolic OH excluding ortho intramolecular Hbond substituents is 1. The van der Waals surface area contributed by atoms with Crippen molar-refractivity contribution >= 4 is 16.0 Å². The number of carbonyl (C=O) groups excluding carboxylic acids is 1. The second-order valence-electron chi connectivity index (χ2n) is 5.61. The summed E-state index contributed by atoms with van der Waals surface area (Å²) in [4.78, 5) is 12.3. The van der Waals surface area contributed by atoms with Gasteiger partial charge in [0, 0.05) is 0 Å². The highest BCUT2D eigenvalue weighted by Gasteiger charge is 2.27. The molecule has 25 heavy (non-hydrogen) atoms. The van der Waals surface area contributed by atoms with Gasteiger partial charge in [-0.15, -0.1) is 0 Å². The lowest BCUT2D eigenvalue weighted by Gasteiger charge is -2.17. The van der Waals surface area contributed by atoms with Crippen LogP contribution in [0.3, 0.4) is 0 Å². The Hall–Kier alpha value is -2.38. The van der Waals surface area contributed by atoms with E-state index >= 15 is 0 Å². The maximum Gasteiger partial charge on any atom is 0.324 e. The van der Waals surface area contributed by atoms with Gasteiger partial charge in [0.1, 0.15) is 11.8 Å². The van der Waals surface area contributed by atoms with Crippen LogP contribution in [-0.4, -0.2) is 32.1 Å². The van der Waals surface area contributed by atoms with Crippen LogP contribution in [-0.2, 0) is 26.0 Å². The van der Waals surface area contributed by atoms with Gasteiger partial charge >= 0.3 is 5.97 Å². The van der Waals surface area contributed by atoms with Crippen molar-refractivity contribution in [3.05, 3.63) is 59.7 Å². The Morgan fingerprint density at radius 2 is 1.72 bits per heavy atom. The molecule has 0 aliphatic rings. The molecule has 0 amide bonds. The molecular formula is C18H21NO5S. The Bertz CT molecular complexity index is 814. The Morgan fingerprint density at radius 3 is 2.28 bits per heavy atom. The molecule has 1 atom stereocenters. The van der Waals surface area contributed by atoms with E-state index in [0.717, 1.165) is 5.56 Å². The van der Waals surface area contributed by atoms with E-state index in [0.29, 0.717) is 5.56 Å². The molecule has 7 heteroatoms. The highest BCUT2D eigenvalue weighted by atomic mass is 32.2. The van der Waals surface area contributed by atoms with E-state index in [2.05, 4.69) is 4.72 Å². The molecule has 2 aromatic rings. The second-order valence-corrected chi connectivity index (χ2v) is 7.32. The molecule has 2 aromatic carbocycles. The minimum atomic E-state index is -3.87. The molecule has 0 radical (unpaired) electrons. The van der Waals surface area contributed by atoms with E-state index < -0.39 is 22.0 Å². The Labute approximate surface area is 147 Å².